The summed E-state index contributed by atoms with van der Waals surface area (Å²) in [6.45, 7) is 4.47. The fraction of sp³-hybridized carbons (Fsp3) is 0.300. The second kappa shape index (κ2) is 9.94. The number of nitriles is 1. The third-order valence-corrected chi connectivity index (χ3v) is 3.25. The maximum Gasteiger partial charge on any atom is 0.349 e. The summed E-state index contributed by atoms with van der Waals surface area (Å²) in [4.78, 5) is 12.1. The largest absolute Gasteiger partial charge is 0.490 e. The molecule has 26 heavy (non-hydrogen) atoms. The molecule has 6 nitrogen and oxygen atoms in total. The Bertz CT molecular complexity index is 782. The lowest BCUT2D eigenvalue weighted by Gasteiger charge is -2.13. The van der Waals surface area contributed by atoms with Gasteiger partial charge >= 0.3 is 5.97 Å². The number of hydrogen-bond acceptors (Lipinski definition) is 6. The molecule has 0 unspecified atom stereocenters. The molecule has 0 saturated carbocycles. The average Bonchev–Trinajstić information content (AvgIpc) is 2.66. The highest BCUT2D eigenvalue weighted by atomic mass is 16.6. The van der Waals surface area contributed by atoms with E-state index in [1.54, 1.807) is 36.4 Å². The molecule has 0 aliphatic heterocycles. The number of esters is 1. The van der Waals surface area contributed by atoms with Crippen molar-refractivity contribution in [2.45, 2.75) is 20.3 Å². The molecule has 0 saturated heterocycles. The maximum absolute atomic E-state index is 12.1. The standard InChI is InChI=1S/C20H21NO5/c1-3-11-24-16-7-5-6-8-18(16)26-20(22)14-25-17-10-9-15(13-21)12-19(17)23-4-2/h5-10,12H,3-4,11,14H2,1-2H3. The van der Waals surface area contributed by atoms with E-state index in [2.05, 4.69) is 0 Å². The summed E-state index contributed by atoms with van der Waals surface area (Å²) in [5, 5.41) is 8.96. The molecule has 2 rings (SSSR count). The van der Waals surface area contributed by atoms with Crippen molar-refractivity contribution in [3.05, 3.63) is 48.0 Å². The molecule has 2 aromatic carbocycles. The molecule has 0 N–H and O–H groups in total. The molecule has 0 heterocycles. The molecule has 0 spiro atoms. The predicted molar refractivity (Wildman–Crippen MR) is 95.7 cm³/mol. The Morgan fingerprint density at radius 2 is 1.69 bits per heavy atom. The maximum atomic E-state index is 12.1. The molecule has 2 aromatic rings. The minimum atomic E-state index is -0.565. The van der Waals surface area contributed by atoms with Gasteiger partial charge in [0.25, 0.3) is 0 Å². The van der Waals surface area contributed by atoms with E-state index in [0.717, 1.165) is 6.42 Å². The van der Waals surface area contributed by atoms with E-state index in [-0.39, 0.29) is 6.61 Å². The zero-order valence-electron chi connectivity index (χ0n) is 14.9. The van der Waals surface area contributed by atoms with Crippen molar-refractivity contribution in [2.75, 3.05) is 19.8 Å². The first-order chi connectivity index (χ1) is 12.7. The Hall–Kier alpha value is -3.20. The summed E-state index contributed by atoms with van der Waals surface area (Å²) in [6, 6.07) is 13.8. The molecule has 0 aliphatic rings. The highest BCUT2D eigenvalue weighted by Gasteiger charge is 2.13. The van der Waals surface area contributed by atoms with E-state index in [0.29, 0.717) is 41.8 Å². The number of ether oxygens (including phenoxy) is 4. The number of para-hydroxylation sites is 2. The third kappa shape index (κ3) is 5.42. The molecule has 136 valence electrons. The van der Waals surface area contributed by atoms with Crippen LogP contribution in [0.1, 0.15) is 25.8 Å². The van der Waals surface area contributed by atoms with Crippen molar-refractivity contribution in [3.63, 3.8) is 0 Å². The van der Waals surface area contributed by atoms with E-state index in [4.69, 9.17) is 24.2 Å². The van der Waals surface area contributed by atoms with Crippen LogP contribution in [0.3, 0.4) is 0 Å². The number of carbonyl (C=O) groups is 1. The number of benzene rings is 2. The number of rotatable bonds is 9. The van der Waals surface area contributed by atoms with E-state index in [9.17, 15) is 4.79 Å². The molecule has 6 heteroatoms. The van der Waals surface area contributed by atoms with Gasteiger partial charge in [0.1, 0.15) is 0 Å². The second-order valence-corrected chi connectivity index (χ2v) is 5.26. The Morgan fingerprint density at radius 3 is 2.38 bits per heavy atom. The molecule has 0 bridgehead atoms. The Labute approximate surface area is 152 Å². The highest BCUT2D eigenvalue weighted by molar-refractivity contribution is 5.75. The van der Waals surface area contributed by atoms with Gasteiger partial charge in [-0.15, -0.1) is 0 Å². The zero-order chi connectivity index (χ0) is 18.8. The minimum absolute atomic E-state index is 0.298. The van der Waals surface area contributed by atoms with Gasteiger partial charge in [-0.25, -0.2) is 4.79 Å². The molecule has 0 fully saturated rings. The monoisotopic (exact) mass is 355 g/mol. The van der Waals surface area contributed by atoms with Crippen LogP contribution in [0, 0.1) is 11.3 Å². The fourth-order valence-electron chi connectivity index (χ4n) is 2.12. The lowest BCUT2D eigenvalue weighted by Crippen LogP contribution is -2.18. The first-order valence-corrected chi connectivity index (χ1v) is 8.40. The molecular weight excluding hydrogens is 334 g/mol. The van der Waals surface area contributed by atoms with Crippen LogP contribution in [0.4, 0.5) is 0 Å². The minimum Gasteiger partial charge on any atom is -0.490 e. The van der Waals surface area contributed by atoms with Crippen molar-refractivity contribution < 1.29 is 23.7 Å². The second-order valence-electron chi connectivity index (χ2n) is 5.26. The Balaban J connectivity index is 2.00. The molecule has 0 amide bonds. The van der Waals surface area contributed by atoms with Crippen LogP contribution in [0.2, 0.25) is 0 Å². The van der Waals surface area contributed by atoms with Gasteiger partial charge in [-0.05, 0) is 37.6 Å². The summed E-state index contributed by atoms with van der Waals surface area (Å²) < 4.78 is 21.8. The Kier molecular flexibility index (Phi) is 7.31. The van der Waals surface area contributed by atoms with Crippen LogP contribution in [-0.2, 0) is 4.79 Å². The van der Waals surface area contributed by atoms with Gasteiger partial charge in [-0.3, -0.25) is 0 Å². The molecule has 0 atom stereocenters. The van der Waals surface area contributed by atoms with Crippen LogP contribution >= 0.6 is 0 Å². The fourth-order valence-corrected chi connectivity index (χ4v) is 2.12. The van der Waals surface area contributed by atoms with Gasteiger partial charge in [-0.2, -0.15) is 5.26 Å². The van der Waals surface area contributed by atoms with Crippen LogP contribution < -0.4 is 18.9 Å². The van der Waals surface area contributed by atoms with Gasteiger partial charge < -0.3 is 18.9 Å². The van der Waals surface area contributed by atoms with Crippen molar-refractivity contribution in [2.24, 2.45) is 0 Å². The lowest BCUT2D eigenvalue weighted by atomic mass is 10.2. The van der Waals surface area contributed by atoms with Gasteiger partial charge in [-0.1, -0.05) is 19.1 Å². The number of hydrogen-bond donors (Lipinski definition) is 0. The van der Waals surface area contributed by atoms with Gasteiger partial charge in [0.05, 0.1) is 24.8 Å². The zero-order valence-corrected chi connectivity index (χ0v) is 14.9. The summed E-state index contributed by atoms with van der Waals surface area (Å²) in [5.41, 5.74) is 0.449. The lowest BCUT2D eigenvalue weighted by molar-refractivity contribution is -0.136. The van der Waals surface area contributed by atoms with Gasteiger partial charge in [0.2, 0.25) is 0 Å². The quantitative estimate of drug-likeness (QED) is 0.504. The van der Waals surface area contributed by atoms with Crippen LogP contribution in [0.15, 0.2) is 42.5 Å². The normalized spacial score (nSPS) is 9.88. The Morgan fingerprint density at radius 1 is 0.962 bits per heavy atom. The average molecular weight is 355 g/mol. The van der Waals surface area contributed by atoms with Crippen LogP contribution in [0.25, 0.3) is 0 Å². The summed E-state index contributed by atoms with van der Waals surface area (Å²) in [5.74, 6) is 1.07. The number of carbonyl (C=O) groups excluding carboxylic acids is 1. The molecule has 0 aromatic heterocycles. The molecule has 0 aliphatic carbocycles. The SMILES string of the molecule is CCCOc1ccccc1OC(=O)COc1ccc(C#N)cc1OCC. The third-order valence-electron chi connectivity index (χ3n) is 3.25. The van der Waals surface area contributed by atoms with Gasteiger partial charge in [0.15, 0.2) is 29.6 Å². The topological polar surface area (TPSA) is 77.8 Å². The first-order valence-electron chi connectivity index (χ1n) is 8.40. The summed E-state index contributed by atoms with van der Waals surface area (Å²) in [7, 11) is 0. The summed E-state index contributed by atoms with van der Waals surface area (Å²) >= 11 is 0. The molecule has 0 radical (unpaired) electrons. The van der Waals surface area contributed by atoms with E-state index in [1.807, 2.05) is 26.0 Å². The summed E-state index contributed by atoms with van der Waals surface area (Å²) in [6.07, 6.45) is 0.851. The van der Waals surface area contributed by atoms with E-state index >= 15 is 0 Å². The molecular formula is C20H21NO5. The highest BCUT2D eigenvalue weighted by Crippen LogP contribution is 2.29. The first kappa shape index (κ1) is 19.1. The van der Waals surface area contributed by atoms with Gasteiger partial charge in [0, 0.05) is 6.07 Å². The van der Waals surface area contributed by atoms with Crippen molar-refractivity contribution in [1.82, 2.24) is 0 Å². The number of nitrogens with zero attached hydrogens (tertiary/aromatic N) is 1. The van der Waals surface area contributed by atoms with E-state index in [1.165, 1.54) is 0 Å². The van der Waals surface area contributed by atoms with E-state index < -0.39 is 5.97 Å². The van der Waals surface area contributed by atoms with Crippen molar-refractivity contribution >= 4 is 5.97 Å². The van der Waals surface area contributed by atoms with Crippen molar-refractivity contribution in [1.29, 1.82) is 5.26 Å². The van der Waals surface area contributed by atoms with Crippen molar-refractivity contribution in [3.8, 4) is 29.1 Å². The van der Waals surface area contributed by atoms with Crippen LogP contribution in [0.5, 0.6) is 23.0 Å². The van der Waals surface area contributed by atoms with Crippen LogP contribution in [-0.4, -0.2) is 25.8 Å². The predicted octanol–water partition coefficient (Wildman–Crippen LogP) is 3.73. The smallest absolute Gasteiger partial charge is 0.349 e.